The number of amides is 4. The molecule has 0 saturated heterocycles. The molecule has 15 nitrogen and oxygen atoms in total. The molecule has 2 aliphatic heterocycles. The number of rotatable bonds is 17. The monoisotopic (exact) mass is 1740 g/mol. The van der Waals surface area contributed by atoms with Gasteiger partial charge in [0.15, 0.2) is 0 Å². The van der Waals surface area contributed by atoms with Gasteiger partial charge in [-0.1, -0.05) is 113 Å². The summed E-state index contributed by atoms with van der Waals surface area (Å²) in [6.45, 7) is 4.83. The second-order valence-corrected chi connectivity index (χ2v) is 17.8. The third-order valence-corrected chi connectivity index (χ3v) is 12.1. The standard InChI is InChI=1S/C27H33F3N4O2.C25H29F3N4O2.3Ac.BH2O2.Na.H2O/c1-5-6-7-10-19(17-33(2)3)25(35)32-24-26(36)34(4)22-12-9-8-11-21(22)23(31-24)18-13-15-20(16-14-18)27(28,29)30;1-3-4-5-8-17(15-29)23(33)31-22-24(34)32(2)20-10-7-6-9-19(20)21(30-22)16-11-13-18(14-12-16)25(26,27)28;;;;2-1-3;;/h8-9,11-16,19,24H,5-7,10,17H2,1-4H3,(H,32,35);6-7,9-14,17,22H,3-5,8,15,29H2,1-2H3,(H,31,33);;;;2-3H;;1H2/q;;;;;-1;+1;/t19-,24?;17-,22?;;;;;;/m00....../s1. The molecule has 4 aromatic carbocycles. The fraction of sp³-hybridized carbons (Fsp3) is 0.423. The summed E-state index contributed by atoms with van der Waals surface area (Å²) in [5.74, 6) is -2.29. The van der Waals surface area contributed by atoms with Crippen LogP contribution in [0.3, 0.4) is 0 Å². The number of para-hydroxylation sites is 2. The Hall–Kier alpha value is -1.13. The van der Waals surface area contributed by atoms with Crippen molar-refractivity contribution in [3.8, 4) is 0 Å². The number of likely N-dealkylation sites (N-methyl/N-ethyl adjacent to an activating group) is 2. The van der Waals surface area contributed by atoms with E-state index in [1.165, 1.54) is 34.1 Å². The first-order chi connectivity index (χ1) is 34.6. The SMILES string of the molecule is CCCCC[C@@H](CN(C)C)C(=O)NC1N=C(c2ccc(C(F)(F)F)cc2)c2ccccc2N(C)C1=O.CCCCC[C@@H](CN)C(=O)NC1N=C(c2ccc(C(F)(F)F)cc2)c2ccccc2N(C)C1=O.O.O[B-]O.[Ac].[Ac].[Ac].[Na+]. The fourth-order valence-electron chi connectivity index (χ4n) is 8.22. The quantitative estimate of drug-likeness (QED) is 0.0597. The first-order valence-electron chi connectivity index (χ1n) is 23.9. The summed E-state index contributed by atoms with van der Waals surface area (Å²) in [5, 5.41) is 19.5. The molecule has 0 aromatic heterocycles. The Balaban J connectivity index is 0. The van der Waals surface area contributed by atoms with Gasteiger partial charge in [-0.3, -0.25) is 19.2 Å². The second kappa shape index (κ2) is 38.7. The minimum absolute atomic E-state index is 0. The second-order valence-electron chi connectivity index (χ2n) is 17.8. The molecular weight excluding hydrogens is 1680 g/mol. The zero-order chi connectivity index (χ0) is 54.0. The molecule has 4 aromatic rings. The zero-order valence-corrected chi connectivity index (χ0v) is 61.3. The molecule has 8 N–H and O–H groups in total. The van der Waals surface area contributed by atoms with Crippen molar-refractivity contribution in [1.29, 1.82) is 0 Å². The Labute approximate surface area is 583 Å². The number of halogens is 6. The summed E-state index contributed by atoms with van der Waals surface area (Å²) in [5.41, 5.74) is 8.02. The smallest absolute Gasteiger partial charge is 0.639 e. The van der Waals surface area contributed by atoms with E-state index < -0.39 is 53.5 Å². The van der Waals surface area contributed by atoms with Gasteiger partial charge in [-0.25, -0.2) is 9.98 Å². The predicted molar refractivity (Wildman–Crippen MR) is 274 cm³/mol. The van der Waals surface area contributed by atoms with Crippen LogP contribution in [0.25, 0.3) is 0 Å². The number of carbonyl (C=O) groups excluding carboxylic acids is 4. The Morgan fingerprint density at radius 1 is 0.641 bits per heavy atom. The van der Waals surface area contributed by atoms with Crippen LogP contribution in [0.5, 0.6) is 0 Å². The molecule has 6 rings (SSSR count). The average molecular weight is 1740 g/mol. The Bertz CT molecular complexity index is 2550. The predicted octanol–water partition coefficient (Wildman–Crippen LogP) is 3.52. The number of nitrogens with two attached hydrogens (primary N) is 1. The number of hydrogen-bond acceptors (Lipinski definition) is 10. The van der Waals surface area contributed by atoms with Crippen molar-refractivity contribution >= 4 is 54.1 Å². The molecule has 411 valence electrons. The number of benzodiazepines with no additional fused rings is 2. The van der Waals surface area contributed by atoms with E-state index >= 15 is 0 Å². The van der Waals surface area contributed by atoms with E-state index in [2.05, 4.69) is 34.5 Å². The normalized spacial score (nSPS) is 15.4. The summed E-state index contributed by atoms with van der Waals surface area (Å²) in [7, 11) is 6.96. The van der Waals surface area contributed by atoms with Crippen molar-refractivity contribution < 1.29 is 223 Å². The third-order valence-electron chi connectivity index (χ3n) is 12.1. The van der Waals surface area contributed by atoms with Crippen LogP contribution < -0.4 is 55.7 Å². The van der Waals surface area contributed by atoms with Gasteiger partial charge in [-0.15, -0.1) is 0 Å². The number of nitrogens with zero attached hydrogens (tertiary/aromatic N) is 5. The Morgan fingerprint density at radius 3 is 1.29 bits per heavy atom. The number of fused-ring (bicyclic) bond motifs is 2. The molecule has 0 saturated carbocycles. The topological polar surface area (TPSA) is 225 Å². The van der Waals surface area contributed by atoms with E-state index in [4.69, 9.17) is 15.8 Å². The summed E-state index contributed by atoms with van der Waals surface area (Å²) >= 11 is 0. The van der Waals surface area contributed by atoms with Crippen LogP contribution in [0, 0.1) is 144 Å². The molecular formula is C52H66Ac3BF6N8NaO7. The molecule has 0 bridgehead atoms. The van der Waals surface area contributed by atoms with Gasteiger partial charge in [0, 0.05) is 182 Å². The first-order valence-corrected chi connectivity index (χ1v) is 23.9. The van der Waals surface area contributed by atoms with Gasteiger partial charge in [-0.05, 0) is 71.0 Å². The maximum Gasteiger partial charge on any atom is 1.00 e. The van der Waals surface area contributed by atoms with Crippen molar-refractivity contribution in [2.24, 2.45) is 27.6 Å². The molecule has 0 spiro atoms. The van der Waals surface area contributed by atoms with Crippen LogP contribution in [-0.2, 0) is 31.5 Å². The molecule has 26 heteroatoms. The van der Waals surface area contributed by atoms with Crippen molar-refractivity contribution in [2.75, 3.05) is 51.1 Å². The molecule has 0 fully saturated rings. The fourth-order valence-corrected chi connectivity index (χ4v) is 8.22. The molecule has 78 heavy (non-hydrogen) atoms. The van der Waals surface area contributed by atoms with Gasteiger partial charge in [0.2, 0.25) is 24.1 Å². The molecule has 2 aliphatic rings. The number of hydrogen-bond donors (Lipinski definition) is 5. The van der Waals surface area contributed by atoms with Gasteiger partial charge in [0.25, 0.3) is 11.8 Å². The number of carbonyl (C=O) groups is 4. The number of alkyl halides is 6. The molecule has 0 aliphatic carbocycles. The minimum atomic E-state index is -4.47. The van der Waals surface area contributed by atoms with Crippen LogP contribution in [0.2, 0.25) is 0 Å². The van der Waals surface area contributed by atoms with Crippen molar-refractivity contribution in [3.05, 3.63) is 130 Å². The third kappa shape index (κ3) is 23.1. The number of aliphatic imine (C=N–C) groups is 2. The van der Waals surface area contributed by atoms with E-state index in [0.29, 0.717) is 64.4 Å². The van der Waals surface area contributed by atoms with Crippen LogP contribution in [0.15, 0.2) is 107 Å². The van der Waals surface area contributed by atoms with Gasteiger partial charge in [0.1, 0.15) is 0 Å². The number of anilines is 2. The Kier molecular flexibility index (Phi) is 39.1. The first kappa shape index (κ1) is 78.9. The van der Waals surface area contributed by atoms with E-state index in [9.17, 15) is 45.5 Å². The summed E-state index contributed by atoms with van der Waals surface area (Å²) < 4.78 is 78.5. The largest absolute Gasteiger partial charge is 1.00 e. The maximum absolute atomic E-state index is 13.4. The van der Waals surface area contributed by atoms with Crippen LogP contribution in [0.1, 0.15) is 98.6 Å². The minimum Gasteiger partial charge on any atom is -0.639 e. The van der Waals surface area contributed by atoms with Crippen LogP contribution >= 0.6 is 0 Å². The maximum atomic E-state index is 13.4. The molecule has 4 amide bonds. The molecule has 4 atom stereocenters. The van der Waals surface area contributed by atoms with Crippen molar-refractivity contribution in [3.63, 3.8) is 0 Å². The summed E-state index contributed by atoms with van der Waals surface area (Å²) in [6.07, 6.45) is -4.34. The van der Waals surface area contributed by atoms with Gasteiger partial charge < -0.3 is 46.6 Å². The van der Waals surface area contributed by atoms with Crippen LogP contribution in [0.4, 0.5) is 37.7 Å². The van der Waals surface area contributed by atoms with Crippen LogP contribution in [-0.4, -0.2) is 117 Å². The van der Waals surface area contributed by atoms with E-state index in [1.807, 2.05) is 19.0 Å². The zero-order valence-electron chi connectivity index (χ0n) is 45.0. The molecule has 2 heterocycles. The van der Waals surface area contributed by atoms with E-state index in [0.717, 1.165) is 62.8 Å². The summed E-state index contributed by atoms with van der Waals surface area (Å²) in [6, 6.07) is 23.3. The Morgan fingerprint density at radius 2 is 0.974 bits per heavy atom. The van der Waals surface area contributed by atoms with E-state index in [-0.39, 0.29) is 199 Å². The number of unbranched alkanes of at least 4 members (excludes halogenated alkanes) is 4. The van der Waals surface area contributed by atoms with E-state index in [1.54, 1.807) is 62.6 Å². The molecule has 5 radical (unpaired) electrons. The molecule has 2 unspecified atom stereocenters. The van der Waals surface area contributed by atoms with Crippen molar-refractivity contribution in [2.45, 2.75) is 89.9 Å². The number of nitrogens with one attached hydrogen (secondary N) is 2. The van der Waals surface area contributed by atoms with Gasteiger partial charge in [-0.2, -0.15) is 26.3 Å². The van der Waals surface area contributed by atoms with Crippen molar-refractivity contribution in [1.82, 2.24) is 15.5 Å². The van der Waals surface area contributed by atoms with Gasteiger partial charge in [0.05, 0.1) is 45.8 Å². The number of benzene rings is 4. The summed E-state index contributed by atoms with van der Waals surface area (Å²) in [4.78, 5) is 66.7. The average Bonchev–Trinajstić information content (AvgIpc) is 3.53. The van der Waals surface area contributed by atoms with Gasteiger partial charge >= 0.3 is 41.9 Å².